The van der Waals surface area contributed by atoms with E-state index in [4.69, 9.17) is 27.9 Å². The molecule has 4 nitrogen and oxygen atoms in total. The van der Waals surface area contributed by atoms with Crippen LogP contribution < -0.4 is 4.74 Å². The summed E-state index contributed by atoms with van der Waals surface area (Å²) in [7, 11) is 0. The fraction of sp³-hybridized carbons (Fsp3) is 0.300. The molecule has 0 aliphatic heterocycles. The van der Waals surface area contributed by atoms with Gasteiger partial charge in [-0.25, -0.2) is 4.98 Å². The van der Waals surface area contributed by atoms with Crippen molar-refractivity contribution in [2.75, 3.05) is 6.61 Å². The van der Waals surface area contributed by atoms with E-state index in [1.165, 1.54) is 26.0 Å². The molecule has 9 heteroatoms. The van der Waals surface area contributed by atoms with Gasteiger partial charge in [-0.1, -0.05) is 23.2 Å². The van der Waals surface area contributed by atoms with Crippen molar-refractivity contribution in [3.05, 3.63) is 57.0 Å². The predicted molar refractivity (Wildman–Crippen MR) is 106 cm³/mol. The molecule has 0 N–H and O–H groups in total. The van der Waals surface area contributed by atoms with Crippen LogP contribution in [-0.2, 0) is 6.54 Å². The summed E-state index contributed by atoms with van der Waals surface area (Å²) in [6.07, 6.45) is -4.38. The number of nitrogens with zero attached hydrogens (tertiary/aromatic N) is 2. The van der Waals surface area contributed by atoms with Crippen molar-refractivity contribution in [1.29, 1.82) is 0 Å². The Kier molecular flexibility index (Phi) is 5.83. The van der Waals surface area contributed by atoms with Gasteiger partial charge in [0.25, 0.3) is 0 Å². The first-order valence-corrected chi connectivity index (χ1v) is 9.38. The van der Waals surface area contributed by atoms with E-state index in [1.807, 2.05) is 0 Å². The molecule has 3 aromatic rings. The first kappa shape index (κ1) is 21.5. The van der Waals surface area contributed by atoms with Crippen LogP contribution in [0.4, 0.5) is 13.2 Å². The number of carbonyl (C=O) groups is 1. The SMILES string of the molecule is Cc1ccc2c(Cl)cc(Cl)c(OCC(=O)c3cc(C)n(CC(F)(F)F)c3C)c2n1. The molecule has 2 aromatic heterocycles. The Morgan fingerprint density at radius 3 is 2.48 bits per heavy atom. The van der Waals surface area contributed by atoms with Gasteiger partial charge in [0.15, 0.2) is 12.4 Å². The lowest BCUT2D eigenvalue weighted by Crippen LogP contribution is -2.20. The third kappa shape index (κ3) is 4.51. The molecule has 0 spiro atoms. The van der Waals surface area contributed by atoms with Gasteiger partial charge in [-0.3, -0.25) is 4.79 Å². The van der Waals surface area contributed by atoms with Crippen LogP contribution in [0.15, 0.2) is 24.3 Å². The van der Waals surface area contributed by atoms with Gasteiger partial charge in [0.1, 0.15) is 12.1 Å². The summed E-state index contributed by atoms with van der Waals surface area (Å²) in [5, 5.41) is 1.20. The Labute approximate surface area is 175 Å². The molecule has 1 aromatic carbocycles. The van der Waals surface area contributed by atoms with E-state index in [1.54, 1.807) is 19.1 Å². The average molecular weight is 445 g/mol. The molecule has 154 valence electrons. The van der Waals surface area contributed by atoms with Crippen molar-refractivity contribution in [3.8, 4) is 5.75 Å². The summed E-state index contributed by atoms with van der Waals surface area (Å²) in [5.74, 6) is -0.259. The van der Waals surface area contributed by atoms with Gasteiger partial charge in [0, 0.05) is 28.0 Å². The molecule has 0 radical (unpaired) electrons. The van der Waals surface area contributed by atoms with E-state index in [2.05, 4.69) is 4.98 Å². The van der Waals surface area contributed by atoms with Crippen LogP contribution in [-0.4, -0.2) is 28.1 Å². The first-order chi connectivity index (χ1) is 13.5. The maximum Gasteiger partial charge on any atom is 0.406 e. The summed E-state index contributed by atoms with van der Waals surface area (Å²) >= 11 is 12.4. The molecule has 0 fully saturated rings. The molecular weight excluding hydrogens is 428 g/mol. The number of rotatable bonds is 5. The number of ketones is 1. The van der Waals surface area contributed by atoms with E-state index in [9.17, 15) is 18.0 Å². The molecule has 0 aliphatic carbocycles. The van der Waals surface area contributed by atoms with Gasteiger partial charge < -0.3 is 9.30 Å². The number of halogens is 5. The second kappa shape index (κ2) is 7.88. The Bertz CT molecular complexity index is 1110. The third-order valence-electron chi connectivity index (χ3n) is 4.54. The summed E-state index contributed by atoms with van der Waals surface area (Å²) in [4.78, 5) is 17.0. The Morgan fingerprint density at radius 1 is 1.14 bits per heavy atom. The lowest BCUT2D eigenvalue weighted by molar-refractivity contribution is -0.141. The molecule has 0 unspecified atom stereocenters. The Balaban J connectivity index is 1.89. The smallest absolute Gasteiger partial charge is 0.406 e. The lowest BCUT2D eigenvalue weighted by atomic mass is 10.1. The monoisotopic (exact) mass is 444 g/mol. The normalized spacial score (nSPS) is 11.9. The summed E-state index contributed by atoms with van der Waals surface area (Å²) in [6, 6.07) is 6.48. The van der Waals surface area contributed by atoms with Crippen molar-refractivity contribution in [2.24, 2.45) is 0 Å². The molecule has 3 rings (SSSR count). The number of aryl methyl sites for hydroxylation is 2. The minimum absolute atomic E-state index is 0.172. The number of alkyl halides is 3. The van der Waals surface area contributed by atoms with Gasteiger partial charge in [0.2, 0.25) is 5.78 Å². The van der Waals surface area contributed by atoms with E-state index in [-0.39, 0.29) is 22.0 Å². The average Bonchev–Trinajstić information content (AvgIpc) is 2.88. The maximum atomic E-state index is 12.8. The number of aromatic nitrogens is 2. The zero-order chi connectivity index (χ0) is 21.5. The van der Waals surface area contributed by atoms with Gasteiger partial charge in [0.05, 0.1) is 10.0 Å². The second-order valence-corrected chi connectivity index (χ2v) is 7.53. The van der Waals surface area contributed by atoms with Gasteiger partial charge in [-0.05, 0) is 45.0 Å². The molecule has 0 saturated heterocycles. The molecule has 0 atom stereocenters. The molecule has 0 aliphatic rings. The van der Waals surface area contributed by atoms with Crippen LogP contribution in [0.5, 0.6) is 5.75 Å². The van der Waals surface area contributed by atoms with Crippen molar-refractivity contribution in [3.63, 3.8) is 0 Å². The third-order valence-corrected chi connectivity index (χ3v) is 5.13. The van der Waals surface area contributed by atoms with Gasteiger partial charge >= 0.3 is 6.18 Å². The Morgan fingerprint density at radius 2 is 1.83 bits per heavy atom. The van der Waals surface area contributed by atoms with Crippen molar-refractivity contribution in [1.82, 2.24) is 9.55 Å². The number of Topliss-reactive ketones (excluding diaryl/α,β-unsaturated/α-hetero) is 1. The quantitative estimate of drug-likeness (QED) is 0.447. The van der Waals surface area contributed by atoms with Crippen LogP contribution in [0.2, 0.25) is 10.0 Å². The zero-order valence-electron chi connectivity index (χ0n) is 15.8. The van der Waals surface area contributed by atoms with Crippen LogP contribution in [0.25, 0.3) is 10.9 Å². The Hall–Kier alpha value is -2.25. The highest BCUT2D eigenvalue weighted by Gasteiger charge is 2.30. The minimum atomic E-state index is -4.38. The fourth-order valence-electron chi connectivity index (χ4n) is 3.15. The highest BCUT2D eigenvalue weighted by molar-refractivity contribution is 6.39. The van der Waals surface area contributed by atoms with E-state index in [0.717, 1.165) is 4.57 Å². The molecule has 0 bridgehead atoms. The van der Waals surface area contributed by atoms with E-state index in [0.29, 0.717) is 27.3 Å². The topological polar surface area (TPSA) is 44.1 Å². The first-order valence-electron chi connectivity index (χ1n) is 8.62. The summed E-state index contributed by atoms with van der Waals surface area (Å²) in [5.41, 5.74) is 1.87. The standard InChI is InChI=1S/C20H17Cl2F3N2O2/c1-10-4-5-13-15(21)7-16(22)19(18(13)26-10)29-8-17(28)14-6-11(2)27(12(14)3)9-20(23,24)25/h4-7H,8-9H2,1-3H3. The highest BCUT2D eigenvalue weighted by atomic mass is 35.5. The fourth-order valence-corrected chi connectivity index (χ4v) is 3.72. The van der Waals surface area contributed by atoms with Crippen LogP contribution in [0.3, 0.4) is 0 Å². The minimum Gasteiger partial charge on any atom is -0.482 e. The summed E-state index contributed by atoms with van der Waals surface area (Å²) < 4.78 is 45.0. The van der Waals surface area contributed by atoms with E-state index < -0.39 is 25.1 Å². The number of fused-ring (bicyclic) bond motifs is 1. The number of pyridine rings is 1. The largest absolute Gasteiger partial charge is 0.482 e. The maximum absolute atomic E-state index is 12.8. The predicted octanol–water partition coefficient (Wildman–Crippen LogP) is 6.09. The number of benzene rings is 1. The molecule has 2 heterocycles. The van der Waals surface area contributed by atoms with Crippen molar-refractivity contribution in [2.45, 2.75) is 33.5 Å². The number of hydrogen-bond donors (Lipinski definition) is 0. The van der Waals surface area contributed by atoms with E-state index >= 15 is 0 Å². The molecular formula is C20H17Cl2F3N2O2. The molecule has 29 heavy (non-hydrogen) atoms. The van der Waals surface area contributed by atoms with Crippen molar-refractivity contribution >= 4 is 39.9 Å². The van der Waals surface area contributed by atoms with Gasteiger partial charge in [-0.15, -0.1) is 0 Å². The zero-order valence-corrected chi connectivity index (χ0v) is 17.3. The van der Waals surface area contributed by atoms with Gasteiger partial charge in [-0.2, -0.15) is 13.2 Å². The van der Waals surface area contributed by atoms with Crippen LogP contribution >= 0.6 is 23.2 Å². The molecule has 0 saturated carbocycles. The second-order valence-electron chi connectivity index (χ2n) is 6.72. The lowest BCUT2D eigenvalue weighted by Gasteiger charge is -2.13. The molecule has 0 amide bonds. The number of hydrogen-bond acceptors (Lipinski definition) is 3. The highest BCUT2D eigenvalue weighted by Crippen LogP contribution is 2.37. The summed E-state index contributed by atoms with van der Waals surface area (Å²) in [6.45, 7) is 3.23. The number of carbonyl (C=O) groups excluding carboxylic acids is 1. The van der Waals surface area contributed by atoms with Crippen molar-refractivity contribution < 1.29 is 22.7 Å². The number of ether oxygens (including phenoxy) is 1. The van der Waals surface area contributed by atoms with Crippen LogP contribution in [0, 0.1) is 20.8 Å². The van der Waals surface area contributed by atoms with Crippen LogP contribution in [0.1, 0.15) is 27.4 Å².